The van der Waals surface area contributed by atoms with Crippen LogP contribution in [0, 0.1) is 0 Å². The van der Waals surface area contributed by atoms with Crippen LogP contribution in [0.2, 0.25) is 0 Å². The number of aromatic amines is 2. The molecular formula is C13H11N7O2. The largest absolute Gasteiger partial charge is 0.506 e. The second-order valence-electron chi connectivity index (χ2n) is 4.43. The highest BCUT2D eigenvalue weighted by Crippen LogP contribution is 2.17. The van der Waals surface area contributed by atoms with Crippen molar-refractivity contribution >= 4 is 11.5 Å². The Morgan fingerprint density at radius 3 is 2.86 bits per heavy atom. The van der Waals surface area contributed by atoms with Crippen LogP contribution in [-0.2, 0) is 6.42 Å². The van der Waals surface area contributed by atoms with Gasteiger partial charge in [0.15, 0.2) is 0 Å². The smallest absolute Gasteiger partial charge is 0.244 e. The molecule has 3 rings (SSSR count). The van der Waals surface area contributed by atoms with Gasteiger partial charge in [0.25, 0.3) is 0 Å². The minimum absolute atomic E-state index is 0.123. The number of hydrogen-bond donors (Lipinski definition) is 3. The number of carbonyl (C=O) groups excluding carboxylic acids is 1. The summed E-state index contributed by atoms with van der Waals surface area (Å²) in [5.41, 5.74) is 2.13. The first-order valence-corrected chi connectivity index (χ1v) is 6.34. The molecule has 0 aromatic carbocycles. The molecule has 0 bridgehead atoms. The zero-order chi connectivity index (χ0) is 15.4. The number of allylic oxidation sites excluding steroid dienone is 1. The van der Waals surface area contributed by atoms with Gasteiger partial charge in [-0.25, -0.2) is 0 Å². The third-order valence-corrected chi connectivity index (χ3v) is 2.95. The molecule has 0 aliphatic heterocycles. The van der Waals surface area contributed by atoms with Crippen molar-refractivity contribution in [3.63, 3.8) is 0 Å². The Labute approximate surface area is 124 Å². The van der Waals surface area contributed by atoms with Gasteiger partial charge >= 0.3 is 0 Å². The number of aliphatic hydroxyl groups is 1. The van der Waals surface area contributed by atoms with E-state index in [4.69, 9.17) is 0 Å². The van der Waals surface area contributed by atoms with Crippen molar-refractivity contribution in [3.8, 4) is 0 Å². The van der Waals surface area contributed by atoms with E-state index in [1.807, 2.05) is 12.1 Å². The number of rotatable bonds is 5. The minimum Gasteiger partial charge on any atom is -0.506 e. The van der Waals surface area contributed by atoms with Gasteiger partial charge in [-0.1, -0.05) is 0 Å². The Morgan fingerprint density at radius 1 is 1.32 bits per heavy atom. The van der Waals surface area contributed by atoms with E-state index in [1.165, 1.54) is 0 Å². The molecule has 0 aliphatic carbocycles. The summed E-state index contributed by atoms with van der Waals surface area (Å²) in [5.74, 6) is -0.922. The predicted molar refractivity (Wildman–Crippen MR) is 74.7 cm³/mol. The Bertz CT molecular complexity index is 793. The second-order valence-corrected chi connectivity index (χ2v) is 4.43. The molecule has 22 heavy (non-hydrogen) atoms. The molecule has 0 spiro atoms. The van der Waals surface area contributed by atoms with Crippen LogP contribution in [-0.4, -0.2) is 46.7 Å². The SMILES string of the molecule is O=C(C=C(O)c1[nH]ncc1Cc1ccncc1)c1nn[nH]n1. The summed E-state index contributed by atoms with van der Waals surface area (Å²) in [6, 6.07) is 3.73. The molecule has 0 aliphatic rings. The van der Waals surface area contributed by atoms with Crippen LogP contribution >= 0.6 is 0 Å². The van der Waals surface area contributed by atoms with E-state index >= 15 is 0 Å². The molecule has 0 unspecified atom stereocenters. The molecule has 3 aromatic rings. The Balaban J connectivity index is 1.83. The van der Waals surface area contributed by atoms with Crippen molar-refractivity contribution in [2.45, 2.75) is 6.42 Å². The summed E-state index contributed by atoms with van der Waals surface area (Å²) in [5, 5.41) is 29.3. The molecule has 3 aromatic heterocycles. The van der Waals surface area contributed by atoms with Gasteiger partial charge in [-0.3, -0.25) is 14.9 Å². The third-order valence-electron chi connectivity index (χ3n) is 2.95. The van der Waals surface area contributed by atoms with E-state index in [1.54, 1.807) is 18.6 Å². The van der Waals surface area contributed by atoms with Crippen LogP contribution in [0.25, 0.3) is 5.76 Å². The second kappa shape index (κ2) is 5.95. The number of nitrogens with zero attached hydrogens (tertiary/aromatic N) is 5. The number of aliphatic hydroxyl groups excluding tert-OH is 1. The van der Waals surface area contributed by atoms with Crippen molar-refractivity contribution in [2.75, 3.05) is 0 Å². The van der Waals surface area contributed by atoms with Gasteiger partial charge in [0.05, 0.1) is 6.20 Å². The first-order chi connectivity index (χ1) is 10.7. The van der Waals surface area contributed by atoms with Gasteiger partial charge in [0.2, 0.25) is 11.6 Å². The Hall–Kier alpha value is -3.36. The first kappa shape index (κ1) is 13.6. The van der Waals surface area contributed by atoms with Crippen molar-refractivity contribution < 1.29 is 9.90 Å². The highest BCUT2D eigenvalue weighted by Gasteiger charge is 2.14. The number of nitrogens with one attached hydrogen (secondary N) is 2. The molecule has 3 heterocycles. The summed E-state index contributed by atoms with van der Waals surface area (Å²) in [4.78, 5) is 15.8. The average Bonchev–Trinajstić information content (AvgIpc) is 3.19. The van der Waals surface area contributed by atoms with Crippen LogP contribution in [0.5, 0.6) is 0 Å². The standard InChI is InChI=1S/C13H11N7O2/c21-10(6-11(22)13-17-19-20-18-13)12-9(7-15-16-12)5-8-1-3-14-4-2-8/h1-4,6-7,21H,5H2,(H,15,16)(H,17,18,19,20). The maximum atomic E-state index is 11.8. The Kier molecular flexibility index (Phi) is 3.69. The molecule has 0 saturated heterocycles. The zero-order valence-electron chi connectivity index (χ0n) is 11.3. The van der Waals surface area contributed by atoms with Crippen molar-refractivity contribution in [1.29, 1.82) is 0 Å². The summed E-state index contributed by atoms with van der Waals surface area (Å²) in [6.45, 7) is 0. The number of pyridine rings is 1. The minimum atomic E-state index is -0.560. The molecule has 0 radical (unpaired) electrons. The maximum Gasteiger partial charge on any atom is 0.244 e. The lowest BCUT2D eigenvalue weighted by Crippen LogP contribution is -2.01. The van der Waals surface area contributed by atoms with E-state index in [9.17, 15) is 9.90 Å². The van der Waals surface area contributed by atoms with Gasteiger partial charge in [-0.2, -0.15) is 10.3 Å². The number of tetrazole rings is 1. The van der Waals surface area contributed by atoms with Crippen LogP contribution < -0.4 is 0 Å². The fourth-order valence-electron chi connectivity index (χ4n) is 1.91. The quantitative estimate of drug-likeness (QED) is 0.358. The normalized spacial score (nSPS) is 11.5. The Morgan fingerprint density at radius 2 is 2.14 bits per heavy atom. The molecule has 0 amide bonds. The number of carbonyl (C=O) groups is 1. The van der Waals surface area contributed by atoms with Gasteiger partial charge < -0.3 is 5.11 Å². The van der Waals surface area contributed by atoms with E-state index in [-0.39, 0.29) is 11.6 Å². The van der Waals surface area contributed by atoms with E-state index < -0.39 is 5.78 Å². The monoisotopic (exact) mass is 297 g/mol. The van der Waals surface area contributed by atoms with E-state index in [0.717, 1.165) is 17.2 Å². The van der Waals surface area contributed by atoms with Crippen molar-refractivity contribution in [2.24, 2.45) is 0 Å². The van der Waals surface area contributed by atoms with Gasteiger partial charge in [0.1, 0.15) is 11.5 Å². The number of aromatic nitrogens is 7. The molecular weight excluding hydrogens is 286 g/mol. The van der Waals surface area contributed by atoms with Crippen LogP contribution in [0.4, 0.5) is 0 Å². The summed E-state index contributed by atoms with van der Waals surface area (Å²) in [7, 11) is 0. The van der Waals surface area contributed by atoms with Crippen LogP contribution in [0.1, 0.15) is 27.4 Å². The summed E-state index contributed by atoms with van der Waals surface area (Å²) >= 11 is 0. The number of H-pyrrole nitrogens is 2. The molecule has 9 nitrogen and oxygen atoms in total. The van der Waals surface area contributed by atoms with Gasteiger partial charge in [-0.05, 0) is 22.9 Å². The fraction of sp³-hybridized carbons (Fsp3) is 0.0769. The molecule has 0 saturated carbocycles. The lowest BCUT2D eigenvalue weighted by molar-refractivity contribution is 0.103. The van der Waals surface area contributed by atoms with Crippen LogP contribution in [0.3, 0.4) is 0 Å². The topological polar surface area (TPSA) is 133 Å². The lowest BCUT2D eigenvalue weighted by atomic mass is 10.1. The van der Waals surface area contributed by atoms with Gasteiger partial charge in [-0.15, -0.1) is 10.2 Å². The van der Waals surface area contributed by atoms with Crippen molar-refractivity contribution in [3.05, 3.63) is 59.4 Å². The summed E-state index contributed by atoms with van der Waals surface area (Å²) in [6.07, 6.45) is 6.53. The number of ketones is 1. The maximum absolute atomic E-state index is 11.8. The fourth-order valence-corrected chi connectivity index (χ4v) is 1.91. The average molecular weight is 297 g/mol. The zero-order valence-corrected chi connectivity index (χ0v) is 11.3. The highest BCUT2D eigenvalue weighted by atomic mass is 16.3. The van der Waals surface area contributed by atoms with E-state index in [2.05, 4.69) is 35.8 Å². The van der Waals surface area contributed by atoms with Gasteiger partial charge in [0, 0.05) is 30.5 Å². The lowest BCUT2D eigenvalue weighted by Gasteiger charge is -2.02. The van der Waals surface area contributed by atoms with Crippen LogP contribution in [0.15, 0.2) is 36.8 Å². The third kappa shape index (κ3) is 2.87. The molecule has 9 heteroatoms. The molecule has 0 atom stereocenters. The number of hydrogen-bond acceptors (Lipinski definition) is 7. The predicted octanol–water partition coefficient (Wildman–Crippen LogP) is 0.690. The van der Waals surface area contributed by atoms with E-state index in [0.29, 0.717) is 12.1 Å². The molecule has 0 fully saturated rings. The van der Waals surface area contributed by atoms with Crippen molar-refractivity contribution in [1.82, 2.24) is 35.8 Å². The first-order valence-electron chi connectivity index (χ1n) is 6.34. The molecule has 110 valence electrons. The summed E-state index contributed by atoms with van der Waals surface area (Å²) < 4.78 is 0. The molecule has 3 N–H and O–H groups in total. The highest BCUT2D eigenvalue weighted by molar-refractivity contribution is 6.05.